The molecule has 130 valence electrons. The highest BCUT2D eigenvalue weighted by molar-refractivity contribution is 5.92. The maximum atomic E-state index is 12.9. The van der Waals surface area contributed by atoms with E-state index in [9.17, 15) is 4.79 Å². The standard InChI is InChI=1S/C20H19N5O/c1-13-18(16-11-7-8-12-17(16)21-13)22-23-19-14(2)24(3)25(20(19)26)15-9-5-4-6-10-15/h4-12,21H,1-3H3. The van der Waals surface area contributed by atoms with E-state index in [-0.39, 0.29) is 5.56 Å². The van der Waals surface area contributed by atoms with E-state index < -0.39 is 0 Å². The van der Waals surface area contributed by atoms with Crippen molar-refractivity contribution in [2.24, 2.45) is 17.3 Å². The van der Waals surface area contributed by atoms with Crippen molar-refractivity contribution in [3.8, 4) is 5.69 Å². The van der Waals surface area contributed by atoms with Crippen LogP contribution >= 0.6 is 0 Å². The molecule has 2 aromatic heterocycles. The molecule has 6 heteroatoms. The summed E-state index contributed by atoms with van der Waals surface area (Å²) in [4.78, 5) is 16.2. The van der Waals surface area contributed by atoms with Gasteiger partial charge in [-0.1, -0.05) is 36.4 Å². The number of para-hydroxylation sites is 2. The molecule has 0 amide bonds. The van der Waals surface area contributed by atoms with Gasteiger partial charge in [0.15, 0.2) is 5.69 Å². The smallest absolute Gasteiger partial charge is 0.299 e. The topological polar surface area (TPSA) is 67.4 Å². The van der Waals surface area contributed by atoms with Crippen LogP contribution in [-0.4, -0.2) is 14.3 Å². The van der Waals surface area contributed by atoms with Crippen LogP contribution in [0.25, 0.3) is 16.6 Å². The van der Waals surface area contributed by atoms with E-state index in [1.54, 1.807) is 9.36 Å². The number of hydrogen-bond acceptors (Lipinski definition) is 3. The molecular formula is C20H19N5O. The maximum Gasteiger partial charge on any atom is 0.299 e. The first-order valence-electron chi connectivity index (χ1n) is 8.41. The second kappa shape index (κ2) is 6.15. The molecule has 0 aliphatic rings. The van der Waals surface area contributed by atoms with Crippen LogP contribution in [0.15, 0.2) is 69.6 Å². The molecule has 4 aromatic rings. The van der Waals surface area contributed by atoms with Crippen LogP contribution in [0, 0.1) is 13.8 Å². The number of aryl methyl sites for hydroxylation is 1. The summed E-state index contributed by atoms with van der Waals surface area (Å²) >= 11 is 0. The highest BCUT2D eigenvalue weighted by atomic mass is 16.1. The average Bonchev–Trinajstić information content (AvgIpc) is 3.08. The molecule has 0 atom stereocenters. The molecule has 0 radical (unpaired) electrons. The van der Waals surface area contributed by atoms with Crippen molar-refractivity contribution in [2.75, 3.05) is 0 Å². The fourth-order valence-corrected chi connectivity index (χ4v) is 3.16. The summed E-state index contributed by atoms with van der Waals surface area (Å²) in [6.07, 6.45) is 0. The highest BCUT2D eigenvalue weighted by Crippen LogP contribution is 2.31. The van der Waals surface area contributed by atoms with Gasteiger partial charge in [0.1, 0.15) is 5.69 Å². The molecule has 4 rings (SSSR count). The second-order valence-corrected chi connectivity index (χ2v) is 6.25. The van der Waals surface area contributed by atoms with Crippen molar-refractivity contribution < 1.29 is 0 Å². The van der Waals surface area contributed by atoms with E-state index in [2.05, 4.69) is 15.2 Å². The van der Waals surface area contributed by atoms with Gasteiger partial charge in [-0.3, -0.25) is 9.48 Å². The van der Waals surface area contributed by atoms with Crippen LogP contribution < -0.4 is 5.56 Å². The van der Waals surface area contributed by atoms with Crippen molar-refractivity contribution >= 4 is 22.3 Å². The second-order valence-electron chi connectivity index (χ2n) is 6.25. The lowest BCUT2D eigenvalue weighted by Gasteiger charge is -2.07. The van der Waals surface area contributed by atoms with Crippen molar-refractivity contribution in [3.05, 3.63) is 76.3 Å². The first-order chi connectivity index (χ1) is 12.6. The summed E-state index contributed by atoms with van der Waals surface area (Å²) < 4.78 is 3.40. The Labute approximate surface area is 150 Å². The zero-order valence-corrected chi connectivity index (χ0v) is 14.9. The van der Waals surface area contributed by atoms with Gasteiger partial charge in [0.2, 0.25) is 0 Å². The molecule has 2 heterocycles. The van der Waals surface area contributed by atoms with Gasteiger partial charge in [-0.05, 0) is 32.0 Å². The number of nitrogens with zero attached hydrogens (tertiary/aromatic N) is 4. The van der Waals surface area contributed by atoms with E-state index >= 15 is 0 Å². The van der Waals surface area contributed by atoms with Crippen molar-refractivity contribution in [1.82, 2.24) is 14.3 Å². The number of benzene rings is 2. The van der Waals surface area contributed by atoms with Crippen LogP contribution in [-0.2, 0) is 7.05 Å². The van der Waals surface area contributed by atoms with Gasteiger partial charge in [-0.15, -0.1) is 10.2 Å². The van der Waals surface area contributed by atoms with Crippen LogP contribution in [0.2, 0.25) is 0 Å². The number of rotatable bonds is 3. The number of aromatic amines is 1. The van der Waals surface area contributed by atoms with E-state index in [1.165, 1.54) is 0 Å². The third-order valence-corrected chi connectivity index (χ3v) is 4.63. The van der Waals surface area contributed by atoms with Gasteiger partial charge in [0, 0.05) is 23.6 Å². The quantitative estimate of drug-likeness (QED) is 0.538. The molecule has 2 aromatic carbocycles. The molecule has 0 aliphatic carbocycles. The summed E-state index contributed by atoms with van der Waals surface area (Å²) in [6.45, 7) is 3.83. The molecule has 0 unspecified atom stereocenters. The number of azo groups is 1. The van der Waals surface area contributed by atoms with Gasteiger partial charge >= 0.3 is 0 Å². The molecule has 26 heavy (non-hydrogen) atoms. The molecule has 0 bridgehead atoms. The number of aromatic nitrogens is 3. The Hall–Kier alpha value is -3.41. The Morgan fingerprint density at radius 2 is 1.54 bits per heavy atom. The summed E-state index contributed by atoms with van der Waals surface area (Å²) in [7, 11) is 1.85. The molecule has 0 saturated carbocycles. The van der Waals surface area contributed by atoms with Crippen LogP contribution in [0.3, 0.4) is 0 Å². The minimum atomic E-state index is -0.183. The third kappa shape index (κ3) is 2.47. The molecular weight excluding hydrogens is 326 g/mol. The predicted octanol–water partition coefficient (Wildman–Crippen LogP) is 4.69. The van der Waals surface area contributed by atoms with Gasteiger partial charge in [-0.25, -0.2) is 4.68 Å². The monoisotopic (exact) mass is 345 g/mol. The lowest BCUT2D eigenvalue weighted by molar-refractivity contribution is 0.630. The zero-order valence-electron chi connectivity index (χ0n) is 14.9. The maximum absolute atomic E-state index is 12.9. The Balaban J connectivity index is 1.83. The van der Waals surface area contributed by atoms with Gasteiger partial charge < -0.3 is 4.98 Å². The van der Waals surface area contributed by atoms with E-state index in [0.29, 0.717) is 5.69 Å². The number of H-pyrrole nitrogens is 1. The van der Waals surface area contributed by atoms with Crippen LogP contribution in [0.1, 0.15) is 11.4 Å². The van der Waals surface area contributed by atoms with E-state index in [4.69, 9.17) is 0 Å². The van der Waals surface area contributed by atoms with Crippen molar-refractivity contribution in [3.63, 3.8) is 0 Å². The molecule has 0 aliphatic heterocycles. The minimum absolute atomic E-state index is 0.183. The number of fused-ring (bicyclic) bond motifs is 1. The van der Waals surface area contributed by atoms with Crippen molar-refractivity contribution in [1.29, 1.82) is 0 Å². The lowest BCUT2D eigenvalue weighted by atomic mass is 10.2. The highest BCUT2D eigenvalue weighted by Gasteiger charge is 2.16. The average molecular weight is 345 g/mol. The fourth-order valence-electron chi connectivity index (χ4n) is 3.16. The Kier molecular flexibility index (Phi) is 3.80. The predicted molar refractivity (Wildman–Crippen MR) is 103 cm³/mol. The Morgan fingerprint density at radius 1 is 0.885 bits per heavy atom. The first kappa shape index (κ1) is 16.1. The van der Waals surface area contributed by atoms with Crippen LogP contribution in [0.4, 0.5) is 11.4 Å². The Morgan fingerprint density at radius 3 is 2.31 bits per heavy atom. The largest absolute Gasteiger partial charge is 0.357 e. The number of nitrogens with one attached hydrogen (secondary N) is 1. The molecule has 0 spiro atoms. The molecule has 0 fully saturated rings. The molecule has 1 N–H and O–H groups in total. The molecule has 6 nitrogen and oxygen atoms in total. The van der Waals surface area contributed by atoms with Crippen LogP contribution in [0.5, 0.6) is 0 Å². The summed E-state index contributed by atoms with van der Waals surface area (Å²) in [5.41, 5.74) is 4.42. The SMILES string of the molecule is Cc1[nH]c2ccccc2c1N=Nc1c(C)n(C)n(-c2ccccc2)c1=O. The number of hydrogen-bond donors (Lipinski definition) is 1. The zero-order chi connectivity index (χ0) is 18.3. The summed E-state index contributed by atoms with van der Waals surface area (Å²) in [5, 5.41) is 9.71. The van der Waals surface area contributed by atoms with Crippen molar-refractivity contribution in [2.45, 2.75) is 13.8 Å². The fraction of sp³-hybridized carbons (Fsp3) is 0.150. The normalized spacial score (nSPS) is 11.7. The van der Waals surface area contributed by atoms with Gasteiger partial charge in [-0.2, -0.15) is 0 Å². The molecule has 0 saturated heterocycles. The van der Waals surface area contributed by atoms with E-state index in [0.717, 1.165) is 33.7 Å². The van der Waals surface area contributed by atoms with Gasteiger partial charge in [0.25, 0.3) is 5.56 Å². The summed E-state index contributed by atoms with van der Waals surface area (Å²) in [6, 6.07) is 17.4. The van der Waals surface area contributed by atoms with Gasteiger partial charge in [0.05, 0.1) is 11.4 Å². The summed E-state index contributed by atoms with van der Waals surface area (Å²) in [5.74, 6) is 0. The minimum Gasteiger partial charge on any atom is -0.357 e. The van der Waals surface area contributed by atoms with E-state index in [1.807, 2.05) is 75.5 Å². The lowest BCUT2D eigenvalue weighted by Crippen LogP contribution is -2.19. The first-order valence-corrected chi connectivity index (χ1v) is 8.41. The third-order valence-electron chi connectivity index (χ3n) is 4.63. The Bertz CT molecular complexity index is 1180.